The molecule has 3 rings (SSSR count). The molecule has 0 aromatic heterocycles. The van der Waals surface area contributed by atoms with E-state index in [1.807, 2.05) is 42.5 Å². The van der Waals surface area contributed by atoms with E-state index >= 15 is 0 Å². The predicted octanol–water partition coefficient (Wildman–Crippen LogP) is 2.99. The number of phenolic OH excluding ortho intramolecular Hbond substituents is 1. The first-order valence-corrected chi connectivity index (χ1v) is 8.68. The van der Waals surface area contributed by atoms with Gasteiger partial charge in [0.25, 0.3) is 0 Å². The minimum absolute atomic E-state index is 0.147. The van der Waals surface area contributed by atoms with Crippen LogP contribution in [0.2, 0.25) is 0 Å². The summed E-state index contributed by atoms with van der Waals surface area (Å²) in [4.78, 5) is 24.5. The average Bonchev–Trinajstić information content (AvgIpc) is 2.68. The molecule has 0 fully saturated rings. The number of carbonyl (C=O) groups is 2. The molecule has 2 N–H and O–H groups in total. The highest BCUT2D eigenvalue weighted by molar-refractivity contribution is 5.88. The topological polar surface area (TPSA) is 75.6 Å². The maximum absolute atomic E-state index is 12.5. The van der Waals surface area contributed by atoms with Gasteiger partial charge in [-0.1, -0.05) is 54.6 Å². The second-order valence-electron chi connectivity index (χ2n) is 6.37. The number of fused-ring (bicyclic) bond motifs is 1. The number of esters is 1. The maximum atomic E-state index is 12.5. The number of ether oxygens (including phenoxy) is 1. The Labute approximate surface area is 157 Å². The number of rotatable bonds is 6. The largest absolute Gasteiger partial charge is 0.508 e. The molecule has 3 aromatic carbocycles. The summed E-state index contributed by atoms with van der Waals surface area (Å²) in [7, 11) is 1.29. The fourth-order valence-electron chi connectivity index (χ4n) is 2.98. The number of carbonyl (C=O) groups excluding carboxylic acids is 2. The summed E-state index contributed by atoms with van der Waals surface area (Å²) in [5.41, 5.74) is 1.69. The zero-order chi connectivity index (χ0) is 19.2. The van der Waals surface area contributed by atoms with Crippen molar-refractivity contribution < 1.29 is 19.4 Å². The third-order valence-electron chi connectivity index (χ3n) is 4.38. The van der Waals surface area contributed by atoms with E-state index in [0.717, 1.165) is 21.9 Å². The molecule has 0 aliphatic carbocycles. The molecule has 0 aliphatic rings. The Kier molecular flexibility index (Phi) is 5.71. The van der Waals surface area contributed by atoms with E-state index in [4.69, 9.17) is 4.74 Å². The Bertz CT molecular complexity index is 950. The summed E-state index contributed by atoms with van der Waals surface area (Å²) >= 11 is 0. The number of amides is 1. The molecule has 0 heterocycles. The van der Waals surface area contributed by atoms with Gasteiger partial charge in [-0.2, -0.15) is 0 Å². The van der Waals surface area contributed by atoms with Crippen LogP contribution in [0.1, 0.15) is 11.1 Å². The molecule has 1 amide bonds. The molecule has 5 heteroatoms. The van der Waals surface area contributed by atoms with Crippen molar-refractivity contribution in [3.05, 3.63) is 77.9 Å². The number of phenols is 1. The van der Waals surface area contributed by atoms with E-state index in [0.29, 0.717) is 0 Å². The van der Waals surface area contributed by atoms with Crippen molar-refractivity contribution in [1.29, 1.82) is 0 Å². The standard InChI is InChI=1S/C22H21NO4/c1-27-22(26)20(13-15-7-10-19(24)11-8-15)23-21(25)14-16-6-9-17-4-2-3-5-18(17)12-16/h2-12,20,24H,13-14H2,1H3,(H,23,25)/t20-/m1/s1. The highest BCUT2D eigenvalue weighted by atomic mass is 16.5. The lowest BCUT2D eigenvalue weighted by Crippen LogP contribution is -2.43. The second-order valence-corrected chi connectivity index (χ2v) is 6.37. The summed E-state index contributed by atoms with van der Waals surface area (Å²) in [6.45, 7) is 0. The first-order chi connectivity index (χ1) is 13.0. The summed E-state index contributed by atoms with van der Waals surface area (Å²) < 4.78 is 4.81. The molecule has 1 atom stereocenters. The van der Waals surface area contributed by atoms with Crippen LogP contribution in [0, 0.1) is 0 Å². The molecule has 0 radical (unpaired) electrons. The lowest BCUT2D eigenvalue weighted by molar-refractivity contribution is -0.145. The summed E-state index contributed by atoms with van der Waals surface area (Å²) in [5, 5.41) is 14.3. The van der Waals surface area contributed by atoms with Crippen molar-refractivity contribution in [3.8, 4) is 5.75 Å². The Morgan fingerprint density at radius 2 is 1.63 bits per heavy atom. The molecule has 27 heavy (non-hydrogen) atoms. The summed E-state index contributed by atoms with van der Waals surface area (Å²) in [6.07, 6.45) is 0.463. The van der Waals surface area contributed by atoms with Crippen LogP contribution in [0.5, 0.6) is 5.75 Å². The van der Waals surface area contributed by atoms with Gasteiger partial charge in [0.1, 0.15) is 11.8 Å². The fourth-order valence-corrected chi connectivity index (χ4v) is 2.98. The third kappa shape index (κ3) is 4.85. The van der Waals surface area contributed by atoms with Crippen molar-refractivity contribution in [2.45, 2.75) is 18.9 Å². The molecule has 0 spiro atoms. The van der Waals surface area contributed by atoms with Crippen LogP contribution in [0.3, 0.4) is 0 Å². The van der Waals surface area contributed by atoms with Crippen LogP contribution in [0.4, 0.5) is 0 Å². The molecule has 5 nitrogen and oxygen atoms in total. The summed E-state index contributed by atoms with van der Waals surface area (Å²) in [5.74, 6) is -0.608. The summed E-state index contributed by atoms with van der Waals surface area (Å²) in [6, 6.07) is 19.5. The van der Waals surface area contributed by atoms with Gasteiger partial charge in [-0.3, -0.25) is 4.79 Å². The van der Waals surface area contributed by atoms with Gasteiger partial charge in [-0.05, 0) is 34.0 Å². The van der Waals surface area contributed by atoms with Crippen LogP contribution in [-0.2, 0) is 27.2 Å². The van der Waals surface area contributed by atoms with Gasteiger partial charge in [-0.15, -0.1) is 0 Å². The van der Waals surface area contributed by atoms with Crippen molar-refractivity contribution in [1.82, 2.24) is 5.32 Å². The molecule has 0 bridgehead atoms. The lowest BCUT2D eigenvalue weighted by Gasteiger charge is -2.17. The van der Waals surface area contributed by atoms with Crippen molar-refractivity contribution >= 4 is 22.6 Å². The van der Waals surface area contributed by atoms with E-state index in [-0.39, 0.29) is 24.5 Å². The monoisotopic (exact) mass is 363 g/mol. The van der Waals surface area contributed by atoms with Gasteiger partial charge < -0.3 is 15.2 Å². The van der Waals surface area contributed by atoms with E-state index < -0.39 is 12.0 Å². The zero-order valence-corrected chi connectivity index (χ0v) is 15.0. The normalized spacial score (nSPS) is 11.7. The van der Waals surface area contributed by atoms with Gasteiger partial charge in [0, 0.05) is 6.42 Å². The smallest absolute Gasteiger partial charge is 0.328 e. The predicted molar refractivity (Wildman–Crippen MR) is 103 cm³/mol. The molecule has 0 saturated carbocycles. The number of aromatic hydroxyl groups is 1. The lowest BCUT2D eigenvalue weighted by atomic mass is 10.0. The number of hydrogen-bond donors (Lipinski definition) is 2. The first-order valence-electron chi connectivity index (χ1n) is 8.68. The zero-order valence-electron chi connectivity index (χ0n) is 15.0. The van der Waals surface area contributed by atoms with Crippen molar-refractivity contribution in [2.24, 2.45) is 0 Å². The van der Waals surface area contributed by atoms with E-state index in [9.17, 15) is 14.7 Å². The van der Waals surface area contributed by atoms with Crippen molar-refractivity contribution in [3.63, 3.8) is 0 Å². The molecule has 0 unspecified atom stereocenters. The molecule has 0 aliphatic heterocycles. The fraction of sp³-hybridized carbons (Fsp3) is 0.182. The minimum Gasteiger partial charge on any atom is -0.508 e. The highest BCUT2D eigenvalue weighted by Gasteiger charge is 2.22. The van der Waals surface area contributed by atoms with Gasteiger partial charge in [0.2, 0.25) is 5.91 Å². The van der Waals surface area contributed by atoms with Gasteiger partial charge in [0.15, 0.2) is 0 Å². The molecule has 0 saturated heterocycles. The van der Waals surface area contributed by atoms with E-state index in [2.05, 4.69) is 5.32 Å². The average molecular weight is 363 g/mol. The van der Waals surface area contributed by atoms with Crippen LogP contribution in [-0.4, -0.2) is 30.1 Å². The van der Waals surface area contributed by atoms with E-state index in [1.54, 1.807) is 24.3 Å². The molecular weight excluding hydrogens is 342 g/mol. The van der Waals surface area contributed by atoms with Crippen molar-refractivity contribution in [2.75, 3.05) is 7.11 Å². The number of methoxy groups -OCH3 is 1. The quantitative estimate of drug-likeness (QED) is 0.660. The number of nitrogens with one attached hydrogen (secondary N) is 1. The van der Waals surface area contributed by atoms with Gasteiger partial charge in [0.05, 0.1) is 13.5 Å². The Hall–Kier alpha value is -3.34. The third-order valence-corrected chi connectivity index (χ3v) is 4.38. The van der Waals surface area contributed by atoms with Crippen LogP contribution < -0.4 is 5.32 Å². The van der Waals surface area contributed by atoms with Gasteiger partial charge >= 0.3 is 5.97 Å². The number of benzene rings is 3. The van der Waals surface area contributed by atoms with Crippen LogP contribution in [0.25, 0.3) is 10.8 Å². The first kappa shape index (κ1) is 18.5. The van der Waals surface area contributed by atoms with Crippen LogP contribution in [0.15, 0.2) is 66.7 Å². The Morgan fingerprint density at radius 3 is 2.33 bits per heavy atom. The highest BCUT2D eigenvalue weighted by Crippen LogP contribution is 2.16. The molecular formula is C22H21NO4. The SMILES string of the molecule is COC(=O)[C@@H](Cc1ccc(O)cc1)NC(=O)Cc1ccc2ccccc2c1. The molecule has 138 valence electrons. The second kappa shape index (κ2) is 8.36. The van der Waals surface area contributed by atoms with Crippen LogP contribution >= 0.6 is 0 Å². The minimum atomic E-state index is -0.785. The molecule has 3 aromatic rings. The van der Waals surface area contributed by atoms with Gasteiger partial charge in [-0.25, -0.2) is 4.79 Å². The van der Waals surface area contributed by atoms with E-state index in [1.165, 1.54) is 7.11 Å². The Balaban J connectivity index is 1.69. The maximum Gasteiger partial charge on any atom is 0.328 e. The number of hydrogen-bond acceptors (Lipinski definition) is 4. The Morgan fingerprint density at radius 1 is 0.963 bits per heavy atom.